The molecule has 10 aromatic carbocycles. The Morgan fingerprint density at radius 2 is 0.658 bits per heavy atom. The van der Waals surface area contributed by atoms with Crippen molar-refractivity contribution in [1.82, 2.24) is 51.8 Å². The van der Waals surface area contributed by atoms with E-state index in [0.717, 1.165) is 100 Å². The number of para-hydroxylation sites is 12. The summed E-state index contributed by atoms with van der Waals surface area (Å²) in [4.78, 5) is 27.1. The van der Waals surface area contributed by atoms with Gasteiger partial charge in [0.1, 0.15) is 5.82 Å². The first kappa shape index (κ1) is 43.5. The van der Waals surface area contributed by atoms with Gasteiger partial charge in [-0.2, -0.15) is 4.98 Å². The zero-order valence-corrected chi connectivity index (χ0v) is 43.2. The maximum atomic E-state index is 5.66. The lowest BCUT2D eigenvalue weighted by atomic mass is 10.1. The van der Waals surface area contributed by atoms with E-state index in [2.05, 4.69) is 276 Å². The van der Waals surface area contributed by atoms with Gasteiger partial charge in [0.25, 0.3) is 0 Å². The number of imidazole rings is 6. The number of fused-ring (bicyclic) bond motifs is 15. The summed E-state index contributed by atoms with van der Waals surface area (Å²) < 4.78 is 13.4. The molecule has 0 unspecified atom stereocenters. The summed E-state index contributed by atoms with van der Waals surface area (Å²) in [5, 5.41) is 4.95. The third-order valence-corrected chi connectivity index (χ3v) is 20.7. The van der Waals surface area contributed by atoms with Crippen LogP contribution in [0.4, 0.5) is 0 Å². The van der Waals surface area contributed by atoms with Crippen LogP contribution in [0.5, 0.6) is 0 Å². The third-order valence-electron chi connectivity index (χ3n) is 16.0. The van der Waals surface area contributed by atoms with E-state index in [0.29, 0.717) is 11.8 Å². The molecule has 0 radical (unpaired) electrons. The Bertz CT molecular complexity index is 5090. The van der Waals surface area contributed by atoms with Gasteiger partial charge in [0.2, 0.25) is 23.3 Å². The lowest BCUT2D eigenvalue weighted by molar-refractivity contribution is 0.930. The van der Waals surface area contributed by atoms with Gasteiger partial charge in [-0.3, -0.25) is 22.3 Å². The maximum absolute atomic E-state index is 5.66. The summed E-state index contributed by atoms with van der Waals surface area (Å²) in [6.07, 6.45) is 0. The predicted molar refractivity (Wildman–Crippen MR) is 320 cm³/mol. The smallest absolute Gasteiger partial charge is 0.239 e. The van der Waals surface area contributed by atoms with E-state index < -0.39 is 8.07 Å². The number of aromatic nitrogens is 11. The van der Waals surface area contributed by atoms with E-state index >= 15 is 0 Å². The Labute approximate surface area is 451 Å². The van der Waals surface area contributed by atoms with Crippen molar-refractivity contribution in [2.24, 2.45) is 0 Å². The zero-order valence-electron chi connectivity index (χ0n) is 42.2. The summed E-state index contributed by atoms with van der Waals surface area (Å²) in [6.45, 7) is 0. The summed E-state index contributed by atoms with van der Waals surface area (Å²) >= 11 is 0. The molecule has 0 aliphatic heterocycles. The molecule has 0 amide bonds. The highest BCUT2D eigenvalue weighted by Crippen LogP contribution is 2.34. The van der Waals surface area contributed by atoms with Crippen molar-refractivity contribution in [2.45, 2.75) is 0 Å². The monoisotopic (exact) mass is 1030 g/mol. The van der Waals surface area contributed by atoms with Crippen LogP contribution in [0, 0.1) is 0 Å². The molecule has 12 heteroatoms. The Morgan fingerprint density at radius 3 is 1.19 bits per heavy atom. The van der Waals surface area contributed by atoms with Gasteiger partial charge in [-0.1, -0.05) is 170 Å². The molecule has 0 aliphatic rings. The summed E-state index contributed by atoms with van der Waals surface area (Å²) in [7, 11) is -3.21. The van der Waals surface area contributed by atoms with E-state index in [4.69, 9.17) is 24.9 Å². The predicted octanol–water partition coefficient (Wildman–Crippen LogP) is 11.8. The molecule has 17 aromatic rings. The van der Waals surface area contributed by atoms with Gasteiger partial charge in [-0.05, 0) is 106 Å². The molecule has 0 N–H and O–H groups in total. The van der Waals surface area contributed by atoms with E-state index in [1.165, 1.54) is 20.7 Å². The number of hydrogen-bond acceptors (Lipinski definition) is 5. The number of benzene rings is 10. The molecule has 79 heavy (non-hydrogen) atoms. The standard InChI is InChI=1S/C67H43N11Si/c1-3-23-46(24-4-1)79(47-25-5-2-6-26-47,49-28-20-22-45(42-49)73-57-35-13-14-36-58(57)74-54-32-10-7-29-50(54)69-65(73)74)48-27-19-21-44(41-48)53-43-63(77-61-39-17-15-37-59(61)75-55-33-11-8-30-51(55)70-66(75)77)72-64(68-53)78-62-40-18-16-38-60(62)76-56-34-12-9-31-52(56)71-67(76)78/h1-43H. The first-order chi connectivity index (χ1) is 39.2. The molecule has 0 saturated carbocycles. The van der Waals surface area contributed by atoms with Crippen LogP contribution in [0.2, 0.25) is 0 Å². The molecule has 0 spiro atoms. The van der Waals surface area contributed by atoms with Gasteiger partial charge in [-0.15, -0.1) is 0 Å². The van der Waals surface area contributed by atoms with Crippen molar-refractivity contribution >= 4 is 112 Å². The van der Waals surface area contributed by atoms with Crippen LogP contribution >= 0.6 is 0 Å². The van der Waals surface area contributed by atoms with Crippen LogP contribution < -0.4 is 20.7 Å². The van der Waals surface area contributed by atoms with Gasteiger partial charge in [-0.25, -0.2) is 24.5 Å². The van der Waals surface area contributed by atoms with Gasteiger partial charge in [0.15, 0.2) is 8.07 Å². The Morgan fingerprint density at radius 1 is 0.266 bits per heavy atom. The summed E-state index contributed by atoms with van der Waals surface area (Å²) in [5.41, 5.74) is 14.8. The van der Waals surface area contributed by atoms with Gasteiger partial charge in [0.05, 0.1) is 71.9 Å². The zero-order chi connectivity index (χ0) is 51.8. The fourth-order valence-electron chi connectivity index (χ4n) is 12.7. The van der Waals surface area contributed by atoms with Crippen LogP contribution in [0.1, 0.15) is 0 Å². The minimum atomic E-state index is -3.21. The van der Waals surface area contributed by atoms with Crippen LogP contribution in [-0.4, -0.2) is 59.9 Å². The molecular formula is C67H43N11Si. The fourth-order valence-corrected chi connectivity index (χ4v) is 17.5. The topological polar surface area (TPSA) is 92.5 Å². The van der Waals surface area contributed by atoms with Crippen molar-refractivity contribution in [3.8, 4) is 28.7 Å². The highest BCUT2D eigenvalue weighted by Gasteiger charge is 2.42. The average Bonchev–Trinajstić information content (AvgIpc) is 4.41. The highest BCUT2D eigenvalue weighted by molar-refractivity contribution is 7.20. The molecule has 17 rings (SSSR count). The van der Waals surface area contributed by atoms with Crippen molar-refractivity contribution < 1.29 is 0 Å². The molecule has 0 aliphatic carbocycles. The second-order valence-electron chi connectivity index (χ2n) is 20.2. The molecule has 0 bridgehead atoms. The molecule has 7 aromatic heterocycles. The molecule has 0 atom stereocenters. The molecule has 0 saturated heterocycles. The number of hydrogen-bond donors (Lipinski definition) is 0. The second-order valence-corrected chi connectivity index (χ2v) is 24.0. The van der Waals surface area contributed by atoms with Gasteiger partial charge < -0.3 is 0 Å². The van der Waals surface area contributed by atoms with Crippen LogP contribution in [-0.2, 0) is 0 Å². The lowest BCUT2D eigenvalue weighted by Crippen LogP contribution is -2.74. The SMILES string of the molecule is c1ccc([Si](c2ccccc2)(c2cccc(-c3cc(-n4c5ccccc5n5c6ccccc6nc45)nc(-n4c5ccccc5n5c6ccccc6nc45)n3)c2)c2cccc(-n3c4ccccc4n4c5ccccc5nc34)c2)cc1. The summed E-state index contributed by atoms with van der Waals surface area (Å²) in [6, 6.07) is 93.2. The van der Waals surface area contributed by atoms with E-state index in [1.807, 2.05) is 12.1 Å². The van der Waals surface area contributed by atoms with Crippen molar-refractivity contribution in [3.63, 3.8) is 0 Å². The molecule has 0 fully saturated rings. The largest absolute Gasteiger partial charge is 0.278 e. The average molecular weight is 1030 g/mol. The van der Waals surface area contributed by atoms with Crippen molar-refractivity contribution in [1.29, 1.82) is 0 Å². The molecular weight excluding hydrogens is 987 g/mol. The Balaban J connectivity index is 0.943. The van der Waals surface area contributed by atoms with Crippen molar-refractivity contribution in [2.75, 3.05) is 0 Å². The minimum Gasteiger partial charge on any atom is -0.278 e. The van der Waals surface area contributed by atoms with E-state index in [1.54, 1.807) is 0 Å². The van der Waals surface area contributed by atoms with E-state index in [-0.39, 0.29) is 0 Å². The first-order valence-electron chi connectivity index (χ1n) is 26.5. The number of nitrogens with zero attached hydrogens (tertiary/aromatic N) is 11. The normalized spacial score (nSPS) is 12.3. The van der Waals surface area contributed by atoms with E-state index in [9.17, 15) is 0 Å². The Kier molecular flexibility index (Phi) is 9.18. The van der Waals surface area contributed by atoms with Crippen LogP contribution in [0.25, 0.3) is 112 Å². The molecule has 7 heterocycles. The summed E-state index contributed by atoms with van der Waals surface area (Å²) in [5.74, 6) is 3.53. The fraction of sp³-hybridized carbons (Fsp3) is 0. The van der Waals surface area contributed by atoms with Crippen molar-refractivity contribution in [3.05, 3.63) is 261 Å². The maximum Gasteiger partial charge on any atom is 0.239 e. The Hall–Kier alpha value is -10.7. The molecule has 11 nitrogen and oxygen atoms in total. The molecule has 370 valence electrons. The second kappa shape index (κ2) is 16.7. The quantitative estimate of drug-likeness (QED) is 0.112. The van der Waals surface area contributed by atoms with Crippen LogP contribution in [0.15, 0.2) is 261 Å². The number of rotatable bonds is 8. The first-order valence-corrected chi connectivity index (χ1v) is 28.5. The third kappa shape index (κ3) is 6.19. The minimum absolute atomic E-state index is 0.491. The highest BCUT2D eigenvalue weighted by atomic mass is 28.3. The van der Waals surface area contributed by atoms with Crippen LogP contribution in [0.3, 0.4) is 0 Å². The lowest BCUT2D eigenvalue weighted by Gasteiger charge is -2.35. The van der Waals surface area contributed by atoms with Gasteiger partial charge in [0, 0.05) is 17.3 Å². The van der Waals surface area contributed by atoms with Gasteiger partial charge >= 0.3 is 0 Å².